The van der Waals surface area contributed by atoms with Gasteiger partial charge in [-0.25, -0.2) is 4.39 Å². The SMILES string of the molecule is CC(=O)c1cccc(NC(=O)[C@@H](C)Sc2nnc(COc3ccc(F)cc3)o2)c1. The molecular weight excluding hydrogens is 397 g/mol. The maximum Gasteiger partial charge on any atom is 0.277 e. The Hall–Kier alpha value is -3.20. The molecule has 1 aromatic heterocycles. The van der Waals surface area contributed by atoms with Gasteiger partial charge in [-0.15, -0.1) is 10.2 Å². The van der Waals surface area contributed by atoms with E-state index in [1.807, 2.05) is 0 Å². The highest BCUT2D eigenvalue weighted by atomic mass is 32.2. The van der Waals surface area contributed by atoms with Crippen LogP contribution in [0.25, 0.3) is 0 Å². The van der Waals surface area contributed by atoms with E-state index in [0.29, 0.717) is 17.0 Å². The van der Waals surface area contributed by atoms with E-state index in [4.69, 9.17) is 9.15 Å². The number of nitrogens with zero attached hydrogens (tertiary/aromatic N) is 2. The number of Topliss-reactive ketones (excluding diaryl/α,β-unsaturated/α-hetero) is 1. The molecule has 0 spiro atoms. The number of aromatic nitrogens is 2. The van der Waals surface area contributed by atoms with Crippen molar-refractivity contribution in [1.29, 1.82) is 0 Å². The summed E-state index contributed by atoms with van der Waals surface area (Å²) in [7, 11) is 0. The highest BCUT2D eigenvalue weighted by Crippen LogP contribution is 2.24. The standard InChI is InChI=1S/C20H18FN3O4S/c1-12(25)14-4-3-5-16(10-14)22-19(26)13(2)29-20-24-23-18(28-20)11-27-17-8-6-15(21)7-9-17/h3-10,13H,11H2,1-2H3,(H,22,26)/t13-/m1/s1. The fourth-order valence-corrected chi connectivity index (χ4v) is 2.99. The van der Waals surface area contributed by atoms with Crippen LogP contribution in [0, 0.1) is 5.82 Å². The predicted octanol–water partition coefficient (Wildman–Crippen LogP) is 4.11. The fourth-order valence-electron chi connectivity index (χ4n) is 2.28. The monoisotopic (exact) mass is 415 g/mol. The first-order chi connectivity index (χ1) is 13.9. The average Bonchev–Trinajstić information content (AvgIpc) is 3.15. The van der Waals surface area contributed by atoms with Gasteiger partial charge >= 0.3 is 0 Å². The Kier molecular flexibility index (Phi) is 6.61. The molecule has 29 heavy (non-hydrogen) atoms. The molecular formula is C20H18FN3O4S. The lowest BCUT2D eigenvalue weighted by molar-refractivity contribution is -0.115. The van der Waals surface area contributed by atoms with Gasteiger partial charge in [-0.1, -0.05) is 23.9 Å². The average molecular weight is 415 g/mol. The first-order valence-electron chi connectivity index (χ1n) is 8.70. The van der Waals surface area contributed by atoms with Crippen molar-refractivity contribution in [2.24, 2.45) is 0 Å². The van der Waals surface area contributed by atoms with Gasteiger partial charge in [0.15, 0.2) is 12.4 Å². The number of rotatable bonds is 8. The van der Waals surface area contributed by atoms with Crippen molar-refractivity contribution in [3.8, 4) is 5.75 Å². The van der Waals surface area contributed by atoms with Crippen LogP contribution in [0.5, 0.6) is 5.75 Å². The highest BCUT2D eigenvalue weighted by Gasteiger charge is 2.19. The third-order valence-corrected chi connectivity index (χ3v) is 4.74. The van der Waals surface area contributed by atoms with Crippen LogP contribution in [0.4, 0.5) is 10.1 Å². The normalized spacial score (nSPS) is 11.7. The molecule has 1 atom stereocenters. The number of benzene rings is 2. The lowest BCUT2D eigenvalue weighted by atomic mass is 10.1. The summed E-state index contributed by atoms with van der Waals surface area (Å²) in [6.07, 6.45) is 0. The zero-order valence-electron chi connectivity index (χ0n) is 15.7. The number of nitrogens with one attached hydrogen (secondary N) is 1. The van der Waals surface area contributed by atoms with E-state index < -0.39 is 5.25 Å². The van der Waals surface area contributed by atoms with Crippen LogP contribution < -0.4 is 10.1 Å². The summed E-state index contributed by atoms with van der Waals surface area (Å²) < 4.78 is 23.8. The van der Waals surface area contributed by atoms with Gasteiger partial charge in [-0.05, 0) is 50.2 Å². The van der Waals surface area contributed by atoms with Crippen LogP contribution in [0.2, 0.25) is 0 Å². The maximum absolute atomic E-state index is 12.9. The Bertz CT molecular complexity index is 1010. The summed E-state index contributed by atoms with van der Waals surface area (Å²) in [6.45, 7) is 3.19. The second-order valence-electron chi connectivity index (χ2n) is 6.09. The van der Waals surface area contributed by atoms with Gasteiger partial charge in [0.05, 0.1) is 5.25 Å². The lowest BCUT2D eigenvalue weighted by Crippen LogP contribution is -2.22. The third kappa shape index (κ3) is 5.89. The summed E-state index contributed by atoms with van der Waals surface area (Å²) in [5, 5.41) is 10.2. The van der Waals surface area contributed by atoms with E-state index in [1.165, 1.54) is 31.2 Å². The number of carbonyl (C=O) groups excluding carboxylic acids is 2. The molecule has 0 radical (unpaired) electrons. The summed E-state index contributed by atoms with van der Waals surface area (Å²) in [4.78, 5) is 23.8. The Balaban J connectivity index is 1.53. The number of ether oxygens (including phenoxy) is 1. The molecule has 9 heteroatoms. The number of amides is 1. The van der Waals surface area contributed by atoms with Crippen LogP contribution in [-0.2, 0) is 11.4 Å². The predicted molar refractivity (Wildman–Crippen MR) is 105 cm³/mol. The molecule has 1 heterocycles. The number of hydrogen-bond acceptors (Lipinski definition) is 7. The molecule has 0 aliphatic carbocycles. The molecule has 0 unspecified atom stereocenters. The van der Waals surface area contributed by atoms with Gasteiger partial charge in [0.1, 0.15) is 11.6 Å². The van der Waals surface area contributed by atoms with Crippen molar-refractivity contribution in [3.63, 3.8) is 0 Å². The Morgan fingerprint density at radius 3 is 2.69 bits per heavy atom. The zero-order valence-corrected chi connectivity index (χ0v) is 16.5. The van der Waals surface area contributed by atoms with Gasteiger partial charge < -0.3 is 14.5 Å². The van der Waals surface area contributed by atoms with Crippen molar-refractivity contribution in [1.82, 2.24) is 10.2 Å². The van der Waals surface area contributed by atoms with E-state index >= 15 is 0 Å². The molecule has 3 rings (SSSR count). The van der Waals surface area contributed by atoms with Crippen molar-refractivity contribution >= 4 is 29.1 Å². The topological polar surface area (TPSA) is 94.3 Å². The highest BCUT2D eigenvalue weighted by molar-refractivity contribution is 8.00. The second kappa shape index (κ2) is 9.33. The van der Waals surface area contributed by atoms with Crippen molar-refractivity contribution in [3.05, 3.63) is 65.8 Å². The first kappa shape index (κ1) is 20.5. The Morgan fingerprint density at radius 2 is 1.97 bits per heavy atom. The summed E-state index contributed by atoms with van der Waals surface area (Å²) in [5.74, 6) is 0.00910. The zero-order chi connectivity index (χ0) is 20.8. The molecule has 7 nitrogen and oxygen atoms in total. The molecule has 2 aromatic carbocycles. The summed E-state index contributed by atoms with van der Waals surface area (Å²) >= 11 is 1.10. The van der Waals surface area contributed by atoms with Crippen LogP contribution in [0.3, 0.4) is 0 Å². The van der Waals surface area contributed by atoms with Gasteiger partial charge in [-0.3, -0.25) is 9.59 Å². The molecule has 1 amide bonds. The van der Waals surface area contributed by atoms with Crippen LogP contribution in [0.15, 0.2) is 58.2 Å². The van der Waals surface area contributed by atoms with Gasteiger partial charge in [0.25, 0.3) is 11.1 Å². The van der Waals surface area contributed by atoms with Gasteiger partial charge in [0, 0.05) is 11.3 Å². The summed E-state index contributed by atoms with van der Waals surface area (Å²) in [6, 6.07) is 12.3. The first-order valence-corrected chi connectivity index (χ1v) is 9.58. The van der Waals surface area contributed by atoms with E-state index in [2.05, 4.69) is 15.5 Å². The number of halogens is 1. The maximum atomic E-state index is 12.9. The van der Waals surface area contributed by atoms with Crippen LogP contribution >= 0.6 is 11.8 Å². The molecule has 0 aliphatic rings. The van der Waals surface area contributed by atoms with E-state index in [9.17, 15) is 14.0 Å². The number of ketones is 1. The molecule has 0 fully saturated rings. The Morgan fingerprint density at radius 1 is 1.21 bits per heavy atom. The summed E-state index contributed by atoms with van der Waals surface area (Å²) in [5.41, 5.74) is 1.06. The minimum atomic E-state index is -0.512. The minimum absolute atomic E-state index is 0.0254. The lowest BCUT2D eigenvalue weighted by Gasteiger charge is -2.10. The second-order valence-corrected chi connectivity index (χ2v) is 7.38. The third-order valence-electron chi connectivity index (χ3n) is 3.81. The molecule has 3 aromatic rings. The number of thioether (sulfide) groups is 1. The van der Waals surface area contributed by atoms with Crippen molar-refractivity contribution < 1.29 is 23.1 Å². The van der Waals surface area contributed by atoms with E-state index in [-0.39, 0.29) is 35.2 Å². The van der Waals surface area contributed by atoms with E-state index in [1.54, 1.807) is 31.2 Å². The number of anilines is 1. The number of carbonyl (C=O) groups is 2. The van der Waals surface area contributed by atoms with Crippen LogP contribution in [0.1, 0.15) is 30.1 Å². The molecule has 1 N–H and O–H groups in total. The van der Waals surface area contributed by atoms with Gasteiger partial charge in [0.2, 0.25) is 5.91 Å². The molecule has 0 aliphatic heterocycles. The van der Waals surface area contributed by atoms with Gasteiger partial charge in [-0.2, -0.15) is 0 Å². The minimum Gasteiger partial charge on any atom is -0.484 e. The van der Waals surface area contributed by atoms with Crippen molar-refractivity contribution in [2.75, 3.05) is 5.32 Å². The molecule has 0 saturated carbocycles. The molecule has 0 bridgehead atoms. The van der Waals surface area contributed by atoms with Crippen molar-refractivity contribution in [2.45, 2.75) is 30.9 Å². The quantitative estimate of drug-likeness (QED) is 0.437. The van der Waals surface area contributed by atoms with Crippen LogP contribution in [-0.4, -0.2) is 27.1 Å². The largest absolute Gasteiger partial charge is 0.484 e. The molecule has 0 saturated heterocycles. The fraction of sp³-hybridized carbons (Fsp3) is 0.200. The molecule has 150 valence electrons. The van der Waals surface area contributed by atoms with E-state index in [0.717, 1.165) is 11.8 Å². The Labute approximate surface area is 170 Å². The number of hydrogen-bond donors (Lipinski definition) is 1. The smallest absolute Gasteiger partial charge is 0.277 e.